The van der Waals surface area contributed by atoms with Crippen molar-refractivity contribution in [2.75, 3.05) is 6.54 Å². The maximum Gasteiger partial charge on any atom is 0.269 e. The zero-order chi connectivity index (χ0) is 9.64. The maximum absolute atomic E-state index is 11.4. The summed E-state index contributed by atoms with van der Waals surface area (Å²) >= 11 is 3.26. The van der Waals surface area contributed by atoms with Crippen LogP contribution in [0, 0.1) is 0 Å². The van der Waals surface area contributed by atoms with Crippen LogP contribution in [-0.2, 0) is 5.54 Å². The first-order chi connectivity index (χ1) is 6.00. The van der Waals surface area contributed by atoms with Crippen molar-refractivity contribution in [3.05, 3.63) is 16.4 Å². The van der Waals surface area contributed by atoms with E-state index in [2.05, 4.69) is 26.3 Å². The molecular weight excluding hydrogens is 234 g/mol. The molecule has 0 aromatic carbocycles. The zero-order valence-electron chi connectivity index (χ0n) is 7.47. The topological polar surface area (TPSA) is 46.9 Å². The molecule has 1 aromatic rings. The van der Waals surface area contributed by atoms with Crippen molar-refractivity contribution in [1.29, 1.82) is 0 Å². The van der Waals surface area contributed by atoms with Gasteiger partial charge >= 0.3 is 0 Å². The Balaban J connectivity index is 2.60. The van der Waals surface area contributed by atoms with E-state index in [0.29, 0.717) is 16.8 Å². The van der Waals surface area contributed by atoms with Crippen LogP contribution in [-0.4, -0.2) is 22.2 Å². The van der Waals surface area contributed by atoms with E-state index in [4.69, 9.17) is 0 Å². The normalized spacial score (nSPS) is 19.5. The average Bonchev–Trinajstić information content (AvgIpc) is 2.42. The number of halogens is 1. The minimum Gasteiger partial charge on any atom is -0.348 e. The van der Waals surface area contributed by atoms with Crippen molar-refractivity contribution in [2.45, 2.75) is 19.4 Å². The Bertz CT molecular complexity index is 369. The molecule has 2 rings (SSSR count). The Morgan fingerprint density at radius 3 is 3.00 bits per heavy atom. The fraction of sp³-hybridized carbons (Fsp3) is 0.500. The highest BCUT2D eigenvalue weighted by Gasteiger charge is 2.32. The SMILES string of the molecule is CC1(C)CNC(=O)c2cc(Br)nn21. The van der Waals surface area contributed by atoms with Crippen LogP contribution in [0.2, 0.25) is 0 Å². The fourth-order valence-corrected chi connectivity index (χ4v) is 1.81. The first-order valence-electron chi connectivity index (χ1n) is 4.05. The number of nitrogens with one attached hydrogen (secondary N) is 1. The van der Waals surface area contributed by atoms with Crippen LogP contribution in [0.1, 0.15) is 24.3 Å². The van der Waals surface area contributed by atoms with Gasteiger partial charge in [0.1, 0.15) is 10.3 Å². The minimum absolute atomic E-state index is 0.0578. The summed E-state index contributed by atoms with van der Waals surface area (Å²) in [7, 11) is 0. The van der Waals surface area contributed by atoms with E-state index in [0.717, 1.165) is 0 Å². The number of fused-ring (bicyclic) bond motifs is 1. The predicted molar refractivity (Wildman–Crippen MR) is 51.6 cm³/mol. The van der Waals surface area contributed by atoms with Crippen LogP contribution in [0.5, 0.6) is 0 Å². The van der Waals surface area contributed by atoms with Crippen LogP contribution in [0.15, 0.2) is 10.7 Å². The Labute approximate surface area is 84.4 Å². The number of aromatic nitrogens is 2. The molecule has 1 aliphatic rings. The molecule has 13 heavy (non-hydrogen) atoms. The molecule has 70 valence electrons. The average molecular weight is 244 g/mol. The lowest BCUT2D eigenvalue weighted by Gasteiger charge is -2.31. The third kappa shape index (κ3) is 1.27. The van der Waals surface area contributed by atoms with E-state index in [1.165, 1.54) is 0 Å². The molecular formula is C8H10BrN3O. The molecule has 0 saturated heterocycles. The number of rotatable bonds is 0. The van der Waals surface area contributed by atoms with E-state index in [1.807, 2.05) is 13.8 Å². The second-order valence-electron chi connectivity index (χ2n) is 3.76. The number of carbonyl (C=O) groups is 1. The molecule has 0 aliphatic carbocycles. The second-order valence-corrected chi connectivity index (χ2v) is 4.57. The largest absolute Gasteiger partial charge is 0.348 e. The second kappa shape index (κ2) is 2.57. The van der Waals surface area contributed by atoms with Gasteiger partial charge in [-0.1, -0.05) is 0 Å². The molecule has 0 radical (unpaired) electrons. The van der Waals surface area contributed by atoms with Gasteiger partial charge in [-0.2, -0.15) is 5.10 Å². The Hall–Kier alpha value is -0.840. The van der Waals surface area contributed by atoms with E-state index >= 15 is 0 Å². The summed E-state index contributed by atoms with van der Waals surface area (Å²) in [6.07, 6.45) is 0. The van der Waals surface area contributed by atoms with Gasteiger partial charge in [0.25, 0.3) is 5.91 Å². The quantitative estimate of drug-likeness (QED) is 0.743. The number of hydrogen-bond donors (Lipinski definition) is 1. The van der Waals surface area contributed by atoms with E-state index in [9.17, 15) is 4.79 Å². The van der Waals surface area contributed by atoms with Crippen molar-refractivity contribution in [3.63, 3.8) is 0 Å². The molecule has 5 heteroatoms. The van der Waals surface area contributed by atoms with E-state index < -0.39 is 0 Å². The summed E-state index contributed by atoms with van der Waals surface area (Å²) in [5, 5.41) is 7.05. The van der Waals surface area contributed by atoms with Gasteiger partial charge in [0.05, 0.1) is 5.54 Å². The molecule has 0 saturated carbocycles. The van der Waals surface area contributed by atoms with Crippen molar-refractivity contribution in [3.8, 4) is 0 Å². The summed E-state index contributed by atoms with van der Waals surface area (Å²) in [5.41, 5.74) is 0.470. The van der Waals surface area contributed by atoms with Crippen molar-refractivity contribution >= 4 is 21.8 Å². The molecule has 1 aromatic heterocycles. The molecule has 0 spiro atoms. The Morgan fingerprint density at radius 2 is 2.38 bits per heavy atom. The lowest BCUT2D eigenvalue weighted by atomic mass is 10.0. The molecule has 0 atom stereocenters. The van der Waals surface area contributed by atoms with Gasteiger partial charge in [0, 0.05) is 12.6 Å². The van der Waals surface area contributed by atoms with Crippen molar-refractivity contribution in [1.82, 2.24) is 15.1 Å². The van der Waals surface area contributed by atoms with Gasteiger partial charge in [-0.25, -0.2) is 0 Å². The number of carbonyl (C=O) groups excluding carboxylic acids is 1. The fourth-order valence-electron chi connectivity index (χ4n) is 1.44. The van der Waals surface area contributed by atoms with Gasteiger partial charge in [-0.05, 0) is 29.8 Å². The molecule has 0 fully saturated rings. The van der Waals surface area contributed by atoms with Crippen LogP contribution in [0.3, 0.4) is 0 Å². The highest BCUT2D eigenvalue weighted by atomic mass is 79.9. The lowest BCUT2D eigenvalue weighted by molar-refractivity contribution is 0.0877. The monoisotopic (exact) mass is 243 g/mol. The van der Waals surface area contributed by atoms with Crippen LogP contribution in [0.25, 0.3) is 0 Å². The summed E-state index contributed by atoms with van der Waals surface area (Å²) in [4.78, 5) is 11.4. The van der Waals surface area contributed by atoms with Crippen LogP contribution >= 0.6 is 15.9 Å². The summed E-state index contributed by atoms with van der Waals surface area (Å²) < 4.78 is 2.46. The van der Waals surface area contributed by atoms with Crippen molar-refractivity contribution < 1.29 is 4.79 Å². The summed E-state index contributed by atoms with van der Waals surface area (Å²) in [5.74, 6) is -0.0578. The maximum atomic E-state index is 11.4. The highest BCUT2D eigenvalue weighted by molar-refractivity contribution is 9.10. The van der Waals surface area contributed by atoms with Crippen LogP contribution < -0.4 is 5.32 Å². The zero-order valence-corrected chi connectivity index (χ0v) is 9.05. The first-order valence-corrected chi connectivity index (χ1v) is 4.84. The van der Waals surface area contributed by atoms with Gasteiger partial charge in [-0.3, -0.25) is 9.48 Å². The van der Waals surface area contributed by atoms with E-state index in [-0.39, 0.29) is 11.4 Å². The Morgan fingerprint density at radius 1 is 1.69 bits per heavy atom. The lowest BCUT2D eigenvalue weighted by Crippen LogP contribution is -2.48. The summed E-state index contributed by atoms with van der Waals surface area (Å²) in [6, 6.07) is 1.73. The molecule has 2 heterocycles. The molecule has 0 bridgehead atoms. The molecule has 1 N–H and O–H groups in total. The van der Waals surface area contributed by atoms with Gasteiger partial charge in [0.15, 0.2) is 0 Å². The number of hydrogen-bond acceptors (Lipinski definition) is 2. The Kier molecular flexibility index (Phi) is 1.73. The van der Waals surface area contributed by atoms with Gasteiger partial charge in [-0.15, -0.1) is 0 Å². The summed E-state index contributed by atoms with van der Waals surface area (Å²) in [6.45, 7) is 4.69. The third-order valence-electron chi connectivity index (χ3n) is 2.17. The smallest absolute Gasteiger partial charge is 0.269 e. The molecule has 1 amide bonds. The van der Waals surface area contributed by atoms with Gasteiger partial charge in [0.2, 0.25) is 0 Å². The number of amides is 1. The highest BCUT2D eigenvalue weighted by Crippen LogP contribution is 2.23. The molecule has 0 unspecified atom stereocenters. The van der Waals surface area contributed by atoms with Crippen LogP contribution in [0.4, 0.5) is 0 Å². The first kappa shape index (κ1) is 8.74. The standard InChI is InChI=1S/C8H10BrN3O/c1-8(2)4-10-7(13)5-3-6(9)11-12(5)8/h3H,4H2,1-2H3,(H,10,13). The van der Waals surface area contributed by atoms with Crippen molar-refractivity contribution in [2.24, 2.45) is 0 Å². The molecule has 4 nitrogen and oxygen atoms in total. The number of nitrogens with zero attached hydrogens (tertiary/aromatic N) is 2. The third-order valence-corrected chi connectivity index (χ3v) is 2.55. The van der Waals surface area contributed by atoms with Gasteiger partial charge < -0.3 is 5.32 Å². The molecule has 1 aliphatic heterocycles. The minimum atomic E-state index is -0.144. The van der Waals surface area contributed by atoms with E-state index in [1.54, 1.807) is 10.7 Å². The predicted octanol–water partition coefficient (Wildman–Crippen LogP) is 1.12.